The van der Waals surface area contributed by atoms with E-state index in [-0.39, 0.29) is 0 Å². The second-order valence-electron chi connectivity index (χ2n) is 3.87. The summed E-state index contributed by atoms with van der Waals surface area (Å²) in [6, 6.07) is 0.468. The molecule has 2 unspecified atom stereocenters. The molecule has 72 valence electrons. The summed E-state index contributed by atoms with van der Waals surface area (Å²) in [5, 5.41) is 3.48. The van der Waals surface area contributed by atoms with Crippen molar-refractivity contribution in [2.24, 2.45) is 5.92 Å². The van der Waals surface area contributed by atoms with Gasteiger partial charge in [-0.3, -0.25) is 0 Å². The van der Waals surface area contributed by atoms with Gasteiger partial charge in [-0.05, 0) is 38.6 Å². The van der Waals surface area contributed by atoms with Crippen molar-refractivity contribution in [2.45, 2.75) is 38.6 Å². The molecule has 0 heterocycles. The van der Waals surface area contributed by atoms with Crippen molar-refractivity contribution >= 4 is 0 Å². The molecule has 1 nitrogen and oxygen atoms in total. The molecule has 0 aromatic rings. The first-order chi connectivity index (χ1) is 6.33. The average Bonchev–Trinajstić information content (AvgIpc) is 2.17. The average molecular weight is 177 g/mol. The first-order valence-corrected chi connectivity index (χ1v) is 5.14. The van der Waals surface area contributed by atoms with Gasteiger partial charge in [0.2, 0.25) is 0 Å². The lowest BCUT2D eigenvalue weighted by Gasteiger charge is -2.20. The number of allylic oxidation sites excluding steroid dienone is 2. The minimum atomic E-state index is 0.468. The molecular formula is C12H19N. The van der Waals surface area contributed by atoms with Crippen LogP contribution in [0.25, 0.3) is 0 Å². The first-order valence-electron chi connectivity index (χ1n) is 5.14. The summed E-state index contributed by atoms with van der Waals surface area (Å²) in [4.78, 5) is 0. The normalized spacial score (nSPS) is 23.8. The van der Waals surface area contributed by atoms with Crippen molar-refractivity contribution in [3.63, 3.8) is 0 Å². The van der Waals surface area contributed by atoms with Gasteiger partial charge in [-0.1, -0.05) is 12.2 Å². The number of hydrogen-bond donors (Lipinski definition) is 1. The smallest absolute Gasteiger partial charge is 0.0238 e. The predicted molar refractivity (Wildman–Crippen MR) is 57.4 cm³/mol. The summed E-state index contributed by atoms with van der Waals surface area (Å²) in [6.07, 6.45) is 14.4. The van der Waals surface area contributed by atoms with Crippen LogP contribution in [0, 0.1) is 18.3 Å². The third-order valence-corrected chi connectivity index (χ3v) is 2.56. The molecule has 0 radical (unpaired) electrons. The number of rotatable bonds is 4. The molecule has 2 atom stereocenters. The van der Waals surface area contributed by atoms with E-state index in [9.17, 15) is 0 Å². The fourth-order valence-corrected chi connectivity index (χ4v) is 1.66. The number of nitrogens with one attached hydrogen (secondary N) is 1. The van der Waals surface area contributed by atoms with Gasteiger partial charge in [0, 0.05) is 12.5 Å². The van der Waals surface area contributed by atoms with Crippen LogP contribution in [-0.2, 0) is 0 Å². The largest absolute Gasteiger partial charge is 0.313 e. The van der Waals surface area contributed by atoms with Gasteiger partial charge in [-0.25, -0.2) is 0 Å². The highest BCUT2D eigenvalue weighted by Gasteiger charge is 2.10. The summed E-state index contributed by atoms with van der Waals surface area (Å²) in [5.74, 6) is 3.50. The van der Waals surface area contributed by atoms with E-state index in [1.165, 1.54) is 19.3 Å². The molecule has 0 bridgehead atoms. The molecule has 13 heavy (non-hydrogen) atoms. The van der Waals surface area contributed by atoms with Crippen LogP contribution in [0.2, 0.25) is 0 Å². The first kappa shape index (κ1) is 10.3. The molecule has 1 aliphatic carbocycles. The highest BCUT2D eigenvalue weighted by Crippen LogP contribution is 2.17. The molecule has 1 rings (SSSR count). The molecule has 0 aromatic heterocycles. The monoisotopic (exact) mass is 177 g/mol. The minimum absolute atomic E-state index is 0.468. The third-order valence-electron chi connectivity index (χ3n) is 2.56. The van der Waals surface area contributed by atoms with Gasteiger partial charge < -0.3 is 5.32 Å². The van der Waals surface area contributed by atoms with E-state index in [0.29, 0.717) is 6.04 Å². The summed E-state index contributed by atoms with van der Waals surface area (Å²) < 4.78 is 0. The van der Waals surface area contributed by atoms with Crippen LogP contribution in [0.15, 0.2) is 12.2 Å². The van der Waals surface area contributed by atoms with Gasteiger partial charge in [-0.2, -0.15) is 0 Å². The Labute approximate surface area is 81.6 Å². The molecule has 1 aliphatic rings. The van der Waals surface area contributed by atoms with E-state index >= 15 is 0 Å². The topological polar surface area (TPSA) is 12.0 Å². The highest BCUT2D eigenvalue weighted by atomic mass is 14.9. The fourth-order valence-electron chi connectivity index (χ4n) is 1.66. The van der Waals surface area contributed by atoms with Crippen molar-refractivity contribution in [3.8, 4) is 12.3 Å². The van der Waals surface area contributed by atoms with Gasteiger partial charge >= 0.3 is 0 Å². The third kappa shape index (κ3) is 4.15. The quantitative estimate of drug-likeness (QED) is 0.513. The van der Waals surface area contributed by atoms with E-state index in [2.05, 4.69) is 30.3 Å². The zero-order valence-electron chi connectivity index (χ0n) is 8.42. The van der Waals surface area contributed by atoms with Crippen LogP contribution in [0.3, 0.4) is 0 Å². The van der Waals surface area contributed by atoms with Crippen molar-refractivity contribution in [1.29, 1.82) is 0 Å². The lowest BCUT2D eigenvalue weighted by atomic mass is 9.94. The van der Waals surface area contributed by atoms with E-state index in [1.54, 1.807) is 0 Å². The maximum absolute atomic E-state index is 5.24. The second-order valence-corrected chi connectivity index (χ2v) is 3.87. The number of terminal acetylenes is 1. The molecule has 0 spiro atoms. The Morgan fingerprint density at radius 2 is 2.46 bits per heavy atom. The van der Waals surface area contributed by atoms with Crippen LogP contribution in [0.4, 0.5) is 0 Å². The molecule has 0 amide bonds. The maximum atomic E-state index is 5.24. The van der Waals surface area contributed by atoms with Crippen molar-refractivity contribution < 1.29 is 0 Å². The Bertz CT molecular complexity index is 200. The summed E-state index contributed by atoms with van der Waals surface area (Å²) in [5.41, 5.74) is 0. The lowest BCUT2D eigenvalue weighted by Crippen LogP contribution is -2.31. The van der Waals surface area contributed by atoms with Crippen LogP contribution in [-0.4, -0.2) is 12.6 Å². The van der Waals surface area contributed by atoms with Crippen LogP contribution < -0.4 is 5.32 Å². The SMILES string of the molecule is C#CCC(C)NCC1CC=CCC1. The van der Waals surface area contributed by atoms with Gasteiger partial charge in [0.05, 0.1) is 0 Å². The Kier molecular flexibility index (Phi) is 4.64. The van der Waals surface area contributed by atoms with Crippen molar-refractivity contribution in [2.75, 3.05) is 6.54 Å². The van der Waals surface area contributed by atoms with E-state index in [1.807, 2.05) is 0 Å². The molecule has 0 saturated heterocycles. The van der Waals surface area contributed by atoms with Crippen molar-refractivity contribution in [1.82, 2.24) is 5.32 Å². The Balaban J connectivity index is 2.11. The molecule has 0 fully saturated rings. The van der Waals surface area contributed by atoms with Gasteiger partial charge in [0.1, 0.15) is 0 Å². The minimum Gasteiger partial charge on any atom is -0.313 e. The predicted octanol–water partition coefficient (Wildman–Crippen LogP) is 2.34. The van der Waals surface area contributed by atoms with E-state index in [4.69, 9.17) is 6.42 Å². The van der Waals surface area contributed by atoms with Gasteiger partial charge in [0.25, 0.3) is 0 Å². The maximum Gasteiger partial charge on any atom is 0.0238 e. The molecule has 0 saturated carbocycles. The summed E-state index contributed by atoms with van der Waals surface area (Å²) in [7, 11) is 0. The number of hydrogen-bond acceptors (Lipinski definition) is 1. The molecule has 0 aromatic carbocycles. The van der Waals surface area contributed by atoms with Crippen LogP contribution >= 0.6 is 0 Å². The Morgan fingerprint density at radius 1 is 1.62 bits per heavy atom. The van der Waals surface area contributed by atoms with Gasteiger partial charge in [0.15, 0.2) is 0 Å². The zero-order chi connectivity index (χ0) is 9.52. The van der Waals surface area contributed by atoms with Crippen molar-refractivity contribution in [3.05, 3.63) is 12.2 Å². The lowest BCUT2D eigenvalue weighted by molar-refractivity contribution is 0.413. The molecular weight excluding hydrogens is 158 g/mol. The summed E-state index contributed by atoms with van der Waals surface area (Å²) in [6.45, 7) is 3.27. The van der Waals surface area contributed by atoms with E-state index in [0.717, 1.165) is 18.9 Å². The highest BCUT2D eigenvalue weighted by molar-refractivity contribution is 4.92. The zero-order valence-corrected chi connectivity index (χ0v) is 8.42. The fraction of sp³-hybridized carbons (Fsp3) is 0.667. The standard InChI is InChI=1S/C12H19N/c1-3-7-11(2)13-10-12-8-5-4-6-9-12/h1,4-5,11-13H,6-10H2,2H3. The Morgan fingerprint density at radius 3 is 3.08 bits per heavy atom. The molecule has 0 aliphatic heterocycles. The van der Waals surface area contributed by atoms with Gasteiger partial charge in [-0.15, -0.1) is 12.3 Å². The second kappa shape index (κ2) is 5.83. The molecule has 1 N–H and O–H groups in total. The summed E-state index contributed by atoms with van der Waals surface area (Å²) >= 11 is 0. The van der Waals surface area contributed by atoms with Crippen LogP contribution in [0.5, 0.6) is 0 Å². The Hall–Kier alpha value is -0.740. The van der Waals surface area contributed by atoms with E-state index < -0.39 is 0 Å². The van der Waals surface area contributed by atoms with Crippen LogP contribution in [0.1, 0.15) is 32.6 Å². The molecule has 1 heteroatoms.